The van der Waals surface area contributed by atoms with Gasteiger partial charge in [-0.25, -0.2) is 0 Å². The summed E-state index contributed by atoms with van der Waals surface area (Å²) in [5, 5.41) is 6.29. The van der Waals surface area contributed by atoms with E-state index in [9.17, 15) is 14.4 Å². The van der Waals surface area contributed by atoms with Crippen molar-refractivity contribution in [3.05, 3.63) is 34.9 Å². The summed E-state index contributed by atoms with van der Waals surface area (Å²) in [4.78, 5) is 38.2. The molecule has 6 nitrogen and oxygen atoms in total. The Morgan fingerprint density at radius 2 is 1.70 bits per heavy atom. The first-order chi connectivity index (χ1) is 12.7. The Bertz CT molecular complexity index is 675. The molecule has 0 radical (unpaired) electrons. The van der Waals surface area contributed by atoms with E-state index in [1.165, 1.54) is 0 Å². The highest BCUT2D eigenvalue weighted by atomic mass is 35.5. The van der Waals surface area contributed by atoms with Crippen LogP contribution in [-0.4, -0.2) is 48.3 Å². The lowest BCUT2D eigenvalue weighted by atomic mass is 9.93. The standard InChI is InChI=1S/C20H28ClN3O3/c1-20(2,3)19(27)24-12-9-16(10-13-24)23-17(25)8-11-22-18(26)14-4-6-15(21)7-5-14/h4-7,16H,8-13H2,1-3H3,(H,22,26)(H,23,25). The van der Waals surface area contributed by atoms with Crippen LogP contribution in [0.1, 0.15) is 50.4 Å². The fourth-order valence-electron chi connectivity index (χ4n) is 2.99. The number of rotatable bonds is 5. The summed E-state index contributed by atoms with van der Waals surface area (Å²) in [5.41, 5.74) is 0.133. The molecular formula is C20H28ClN3O3. The summed E-state index contributed by atoms with van der Waals surface area (Å²) in [5.74, 6) is -0.169. The van der Waals surface area contributed by atoms with Gasteiger partial charge in [0.25, 0.3) is 5.91 Å². The summed E-state index contributed by atoms with van der Waals surface area (Å²) in [6.45, 7) is 7.35. The highest BCUT2D eigenvalue weighted by molar-refractivity contribution is 6.30. The van der Waals surface area contributed by atoms with E-state index >= 15 is 0 Å². The second kappa shape index (κ2) is 9.22. The molecule has 1 fully saturated rings. The maximum absolute atomic E-state index is 12.3. The molecule has 1 aromatic rings. The molecule has 0 unspecified atom stereocenters. The zero-order chi connectivity index (χ0) is 20.0. The monoisotopic (exact) mass is 393 g/mol. The molecule has 0 aliphatic carbocycles. The van der Waals surface area contributed by atoms with Crippen molar-refractivity contribution < 1.29 is 14.4 Å². The normalized spacial score (nSPS) is 15.3. The van der Waals surface area contributed by atoms with E-state index in [1.54, 1.807) is 24.3 Å². The molecule has 27 heavy (non-hydrogen) atoms. The molecule has 0 aromatic heterocycles. The molecule has 0 bridgehead atoms. The first-order valence-corrected chi connectivity index (χ1v) is 9.67. The van der Waals surface area contributed by atoms with E-state index in [-0.39, 0.29) is 42.1 Å². The smallest absolute Gasteiger partial charge is 0.251 e. The third-order valence-electron chi connectivity index (χ3n) is 4.53. The molecule has 148 valence electrons. The molecule has 1 aromatic carbocycles. The van der Waals surface area contributed by atoms with Gasteiger partial charge < -0.3 is 15.5 Å². The zero-order valence-corrected chi connectivity index (χ0v) is 16.9. The van der Waals surface area contributed by atoms with Gasteiger partial charge in [0.15, 0.2) is 0 Å². The minimum atomic E-state index is -0.377. The molecule has 1 aliphatic rings. The Morgan fingerprint density at radius 3 is 2.26 bits per heavy atom. The molecule has 0 spiro atoms. The number of benzene rings is 1. The first-order valence-electron chi connectivity index (χ1n) is 9.29. The molecule has 1 heterocycles. The van der Waals surface area contributed by atoms with Gasteiger partial charge in [0.05, 0.1) is 0 Å². The second-order valence-corrected chi connectivity index (χ2v) is 8.33. The summed E-state index contributed by atoms with van der Waals surface area (Å²) in [6, 6.07) is 6.67. The number of nitrogens with one attached hydrogen (secondary N) is 2. The van der Waals surface area contributed by atoms with Gasteiger partial charge in [0.1, 0.15) is 0 Å². The molecule has 1 saturated heterocycles. The van der Waals surface area contributed by atoms with E-state index in [0.29, 0.717) is 23.7 Å². The van der Waals surface area contributed by atoms with Crippen molar-refractivity contribution in [2.45, 2.75) is 46.1 Å². The number of amides is 3. The van der Waals surface area contributed by atoms with Crippen molar-refractivity contribution in [1.29, 1.82) is 0 Å². The Morgan fingerprint density at radius 1 is 1.11 bits per heavy atom. The predicted molar refractivity (Wildman–Crippen MR) is 106 cm³/mol. The summed E-state index contributed by atoms with van der Waals surface area (Å²) < 4.78 is 0. The van der Waals surface area contributed by atoms with Crippen molar-refractivity contribution in [1.82, 2.24) is 15.5 Å². The number of piperidine rings is 1. The van der Waals surface area contributed by atoms with Crippen LogP contribution in [0.2, 0.25) is 5.02 Å². The fraction of sp³-hybridized carbons (Fsp3) is 0.550. The van der Waals surface area contributed by atoms with Crippen LogP contribution in [-0.2, 0) is 9.59 Å². The minimum Gasteiger partial charge on any atom is -0.353 e. The van der Waals surface area contributed by atoms with Crippen LogP contribution in [0.4, 0.5) is 0 Å². The summed E-state index contributed by atoms with van der Waals surface area (Å²) >= 11 is 5.80. The third kappa shape index (κ3) is 6.54. The maximum Gasteiger partial charge on any atom is 0.251 e. The van der Waals surface area contributed by atoms with Gasteiger partial charge in [0.2, 0.25) is 11.8 Å². The van der Waals surface area contributed by atoms with Gasteiger partial charge in [-0.15, -0.1) is 0 Å². The van der Waals surface area contributed by atoms with Crippen molar-refractivity contribution >= 4 is 29.3 Å². The minimum absolute atomic E-state index is 0.0773. The lowest BCUT2D eigenvalue weighted by molar-refractivity contribution is -0.140. The van der Waals surface area contributed by atoms with Gasteiger partial charge in [-0.1, -0.05) is 32.4 Å². The van der Waals surface area contributed by atoms with Crippen LogP contribution < -0.4 is 10.6 Å². The highest BCUT2D eigenvalue weighted by Gasteiger charge is 2.30. The maximum atomic E-state index is 12.3. The van der Waals surface area contributed by atoms with E-state index in [0.717, 1.165) is 12.8 Å². The Hall–Kier alpha value is -2.08. The van der Waals surface area contributed by atoms with E-state index in [1.807, 2.05) is 25.7 Å². The van der Waals surface area contributed by atoms with Crippen LogP contribution in [0.5, 0.6) is 0 Å². The predicted octanol–water partition coefficient (Wildman–Crippen LogP) is 2.61. The molecule has 7 heteroatoms. The average Bonchev–Trinajstić information content (AvgIpc) is 2.61. The van der Waals surface area contributed by atoms with Crippen molar-refractivity contribution in [3.8, 4) is 0 Å². The van der Waals surface area contributed by atoms with Crippen LogP contribution in [0.25, 0.3) is 0 Å². The largest absolute Gasteiger partial charge is 0.353 e. The molecule has 0 atom stereocenters. The average molecular weight is 394 g/mol. The number of carbonyl (C=O) groups excluding carboxylic acids is 3. The Kier molecular flexibility index (Phi) is 7.25. The van der Waals surface area contributed by atoms with Crippen molar-refractivity contribution in [2.24, 2.45) is 5.41 Å². The third-order valence-corrected chi connectivity index (χ3v) is 4.78. The highest BCUT2D eigenvalue weighted by Crippen LogP contribution is 2.21. The Balaban J connectivity index is 1.67. The summed E-state index contributed by atoms with van der Waals surface area (Å²) in [7, 11) is 0. The molecule has 1 aliphatic heterocycles. The van der Waals surface area contributed by atoms with Crippen LogP contribution in [0.15, 0.2) is 24.3 Å². The van der Waals surface area contributed by atoms with Crippen LogP contribution >= 0.6 is 11.6 Å². The van der Waals surface area contributed by atoms with E-state index in [4.69, 9.17) is 11.6 Å². The van der Waals surface area contributed by atoms with E-state index < -0.39 is 0 Å². The van der Waals surface area contributed by atoms with Gasteiger partial charge in [-0.05, 0) is 37.1 Å². The van der Waals surface area contributed by atoms with Crippen LogP contribution in [0, 0.1) is 5.41 Å². The molecule has 2 rings (SSSR count). The lowest BCUT2D eigenvalue weighted by Gasteiger charge is -2.36. The second-order valence-electron chi connectivity index (χ2n) is 7.90. The quantitative estimate of drug-likeness (QED) is 0.807. The number of hydrogen-bond acceptors (Lipinski definition) is 3. The number of likely N-dealkylation sites (tertiary alicyclic amines) is 1. The number of carbonyl (C=O) groups is 3. The SMILES string of the molecule is CC(C)(C)C(=O)N1CCC(NC(=O)CCNC(=O)c2ccc(Cl)cc2)CC1. The zero-order valence-electron chi connectivity index (χ0n) is 16.2. The number of halogens is 1. The van der Waals surface area contributed by atoms with Gasteiger partial charge in [0, 0.05) is 48.1 Å². The van der Waals surface area contributed by atoms with Crippen LogP contribution in [0.3, 0.4) is 0 Å². The molecule has 0 saturated carbocycles. The van der Waals surface area contributed by atoms with Crippen molar-refractivity contribution in [3.63, 3.8) is 0 Å². The first kappa shape index (κ1) is 21.2. The molecule has 2 N–H and O–H groups in total. The van der Waals surface area contributed by atoms with Gasteiger partial charge in [-0.2, -0.15) is 0 Å². The fourth-order valence-corrected chi connectivity index (χ4v) is 3.12. The van der Waals surface area contributed by atoms with Gasteiger partial charge >= 0.3 is 0 Å². The number of nitrogens with zero attached hydrogens (tertiary/aromatic N) is 1. The van der Waals surface area contributed by atoms with E-state index in [2.05, 4.69) is 10.6 Å². The van der Waals surface area contributed by atoms with Crippen molar-refractivity contribution in [2.75, 3.05) is 19.6 Å². The number of hydrogen-bond donors (Lipinski definition) is 2. The molecule has 3 amide bonds. The van der Waals surface area contributed by atoms with Gasteiger partial charge in [-0.3, -0.25) is 14.4 Å². The topological polar surface area (TPSA) is 78.5 Å². The lowest BCUT2D eigenvalue weighted by Crippen LogP contribution is -2.49. The molecular weight excluding hydrogens is 366 g/mol. The summed E-state index contributed by atoms with van der Waals surface area (Å²) in [6.07, 6.45) is 1.73. The Labute approximate surface area is 165 Å².